The average Bonchev–Trinajstić information content (AvgIpc) is 3.21. The summed E-state index contributed by atoms with van der Waals surface area (Å²) >= 11 is 3.49. The van der Waals surface area contributed by atoms with Gasteiger partial charge in [0.25, 0.3) is 0 Å². The lowest BCUT2D eigenvalue weighted by molar-refractivity contribution is 0.408. The molecular formula is C14H20BrN3. The highest BCUT2D eigenvalue weighted by Crippen LogP contribution is 2.28. The number of aromatic nitrogens is 1. The molecule has 1 saturated carbocycles. The van der Waals surface area contributed by atoms with Gasteiger partial charge in [0.1, 0.15) is 0 Å². The first kappa shape index (κ1) is 12.4. The predicted molar refractivity (Wildman–Crippen MR) is 77.9 cm³/mol. The van der Waals surface area contributed by atoms with Gasteiger partial charge in [-0.3, -0.25) is 4.98 Å². The molecule has 1 N–H and O–H groups in total. The van der Waals surface area contributed by atoms with Crippen molar-refractivity contribution in [3.8, 4) is 0 Å². The van der Waals surface area contributed by atoms with Crippen LogP contribution in [0.5, 0.6) is 0 Å². The minimum Gasteiger partial charge on any atom is -0.370 e. The lowest BCUT2D eigenvalue weighted by atomic mass is 10.0. The zero-order valence-corrected chi connectivity index (χ0v) is 12.2. The van der Waals surface area contributed by atoms with E-state index in [0.29, 0.717) is 0 Å². The zero-order valence-electron chi connectivity index (χ0n) is 10.6. The van der Waals surface area contributed by atoms with Crippen molar-refractivity contribution in [1.29, 1.82) is 0 Å². The van der Waals surface area contributed by atoms with E-state index in [-0.39, 0.29) is 0 Å². The molecule has 1 aliphatic carbocycles. The van der Waals surface area contributed by atoms with E-state index in [1.807, 2.05) is 12.4 Å². The number of hydrogen-bond acceptors (Lipinski definition) is 3. The number of pyridine rings is 1. The van der Waals surface area contributed by atoms with Crippen LogP contribution in [0.4, 0.5) is 5.69 Å². The Hall–Kier alpha value is -0.610. The molecule has 3 rings (SSSR count). The third-order valence-electron chi connectivity index (χ3n) is 3.94. The molecular weight excluding hydrogens is 290 g/mol. The molecule has 1 aromatic heterocycles. The first-order valence-electron chi connectivity index (χ1n) is 6.90. The fourth-order valence-corrected chi connectivity index (χ4v) is 2.92. The summed E-state index contributed by atoms with van der Waals surface area (Å²) in [5, 5.41) is 3.72. The number of nitrogens with zero attached hydrogens (tertiary/aromatic N) is 2. The Balaban J connectivity index is 1.49. The Labute approximate surface area is 117 Å². The van der Waals surface area contributed by atoms with Gasteiger partial charge in [-0.25, -0.2) is 0 Å². The Morgan fingerprint density at radius 1 is 1.22 bits per heavy atom. The molecule has 4 heteroatoms. The van der Waals surface area contributed by atoms with Crippen LogP contribution in [-0.2, 0) is 0 Å². The lowest BCUT2D eigenvalue weighted by Crippen LogP contribution is -2.43. The minimum absolute atomic E-state index is 0.724. The standard InChI is InChI=1S/C14H20BrN3/c15-12-7-14(10-16-9-12)18-5-3-13(4-6-18)17-8-11-1-2-11/h7,9-11,13,17H,1-6,8H2. The second kappa shape index (κ2) is 5.57. The number of rotatable bonds is 4. The topological polar surface area (TPSA) is 28.2 Å². The minimum atomic E-state index is 0.724. The van der Waals surface area contributed by atoms with E-state index < -0.39 is 0 Å². The highest BCUT2D eigenvalue weighted by Gasteiger charge is 2.24. The van der Waals surface area contributed by atoms with Gasteiger partial charge in [0, 0.05) is 29.8 Å². The summed E-state index contributed by atoms with van der Waals surface area (Å²) in [6.07, 6.45) is 9.18. The highest BCUT2D eigenvalue weighted by atomic mass is 79.9. The number of piperidine rings is 1. The summed E-state index contributed by atoms with van der Waals surface area (Å²) in [6.45, 7) is 3.52. The van der Waals surface area contributed by atoms with Crippen LogP contribution >= 0.6 is 15.9 Å². The third kappa shape index (κ3) is 3.23. The van der Waals surface area contributed by atoms with Crippen molar-refractivity contribution >= 4 is 21.6 Å². The van der Waals surface area contributed by atoms with Gasteiger partial charge < -0.3 is 10.2 Å². The third-order valence-corrected chi connectivity index (χ3v) is 4.38. The first-order valence-corrected chi connectivity index (χ1v) is 7.69. The molecule has 18 heavy (non-hydrogen) atoms. The highest BCUT2D eigenvalue weighted by molar-refractivity contribution is 9.10. The molecule has 2 fully saturated rings. The van der Waals surface area contributed by atoms with Gasteiger partial charge in [0.15, 0.2) is 0 Å². The molecule has 0 aromatic carbocycles. The van der Waals surface area contributed by atoms with Gasteiger partial charge in [-0.2, -0.15) is 0 Å². The summed E-state index contributed by atoms with van der Waals surface area (Å²) in [5.41, 5.74) is 1.24. The van der Waals surface area contributed by atoms with Gasteiger partial charge in [0.2, 0.25) is 0 Å². The number of anilines is 1. The monoisotopic (exact) mass is 309 g/mol. The molecule has 0 atom stereocenters. The van der Waals surface area contributed by atoms with Crippen LogP contribution in [-0.4, -0.2) is 30.7 Å². The van der Waals surface area contributed by atoms with Gasteiger partial charge >= 0.3 is 0 Å². The van der Waals surface area contributed by atoms with E-state index >= 15 is 0 Å². The van der Waals surface area contributed by atoms with Crippen LogP contribution in [0.1, 0.15) is 25.7 Å². The Morgan fingerprint density at radius 3 is 2.67 bits per heavy atom. The molecule has 0 spiro atoms. The molecule has 0 bridgehead atoms. The zero-order chi connectivity index (χ0) is 12.4. The van der Waals surface area contributed by atoms with Gasteiger partial charge in [0.05, 0.1) is 11.9 Å². The maximum atomic E-state index is 4.24. The van der Waals surface area contributed by atoms with E-state index in [1.165, 1.54) is 37.9 Å². The van der Waals surface area contributed by atoms with Crippen LogP contribution in [0.2, 0.25) is 0 Å². The van der Waals surface area contributed by atoms with Gasteiger partial charge in [-0.1, -0.05) is 0 Å². The molecule has 2 aliphatic rings. The molecule has 1 saturated heterocycles. The maximum Gasteiger partial charge on any atom is 0.0564 e. The van der Waals surface area contributed by atoms with Crippen molar-refractivity contribution in [3.63, 3.8) is 0 Å². The van der Waals surface area contributed by atoms with Crippen molar-refractivity contribution in [2.45, 2.75) is 31.7 Å². The quantitative estimate of drug-likeness (QED) is 0.927. The van der Waals surface area contributed by atoms with E-state index in [4.69, 9.17) is 0 Å². The summed E-state index contributed by atoms with van der Waals surface area (Å²) in [7, 11) is 0. The molecule has 0 radical (unpaired) electrons. The Bertz CT molecular complexity index is 398. The second-order valence-electron chi connectivity index (χ2n) is 5.47. The van der Waals surface area contributed by atoms with Crippen LogP contribution in [0.25, 0.3) is 0 Å². The second-order valence-corrected chi connectivity index (χ2v) is 6.39. The average molecular weight is 310 g/mol. The smallest absolute Gasteiger partial charge is 0.0564 e. The first-order chi connectivity index (χ1) is 8.81. The lowest BCUT2D eigenvalue weighted by Gasteiger charge is -2.34. The van der Waals surface area contributed by atoms with Crippen molar-refractivity contribution in [2.24, 2.45) is 5.92 Å². The summed E-state index contributed by atoms with van der Waals surface area (Å²) in [5.74, 6) is 0.984. The van der Waals surface area contributed by atoms with E-state index in [0.717, 1.165) is 29.5 Å². The molecule has 3 nitrogen and oxygen atoms in total. The SMILES string of the molecule is Brc1cncc(N2CCC(NCC3CC3)CC2)c1. The van der Waals surface area contributed by atoms with Gasteiger partial charge in [-0.15, -0.1) is 0 Å². The summed E-state index contributed by atoms with van der Waals surface area (Å²) < 4.78 is 1.06. The van der Waals surface area contributed by atoms with Crippen LogP contribution in [0.15, 0.2) is 22.9 Å². The van der Waals surface area contributed by atoms with Crippen molar-refractivity contribution in [3.05, 3.63) is 22.9 Å². The predicted octanol–water partition coefficient (Wildman–Crippen LogP) is 2.81. The molecule has 1 aromatic rings. The van der Waals surface area contributed by atoms with Crippen molar-refractivity contribution < 1.29 is 0 Å². The normalized spacial score (nSPS) is 21.3. The van der Waals surface area contributed by atoms with E-state index in [1.54, 1.807) is 0 Å². The number of nitrogens with one attached hydrogen (secondary N) is 1. The van der Waals surface area contributed by atoms with E-state index in [2.05, 4.69) is 37.2 Å². The molecule has 0 unspecified atom stereocenters. The number of hydrogen-bond donors (Lipinski definition) is 1. The van der Waals surface area contributed by atoms with E-state index in [9.17, 15) is 0 Å². The van der Waals surface area contributed by atoms with Crippen LogP contribution < -0.4 is 10.2 Å². The van der Waals surface area contributed by atoms with Crippen LogP contribution in [0, 0.1) is 5.92 Å². The fraction of sp³-hybridized carbons (Fsp3) is 0.643. The Kier molecular flexibility index (Phi) is 3.85. The molecule has 98 valence electrons. The summed E-state index contributed by atoms with van der Waals surface area (Å²) in [4.78, 5) is 6.68. The Morgan fingerprint density at radius 2 is 2.00 bits per heavy atom. The van der Waals surface area contributed by atoms with Crippen molar-refractivity contribution in [2.75, 3.05) is 24.5 Å². The number of halogens is 1. The summed E-state index contributed by atoms with van der Waals surface area (Å²) in [6, 6.07) is 2.88. The largest absolute Gasteiger partial charge is 0.370 e. The van der Waals surface area contributed by atoms with Crippen LogP contribution in [0.3, 0.4) is 0 Å². The fourth-order valence-electron chi connectivity index (χ4n) is 2.57. The molecule has 1 aliphatic heterocycles. The van der Waals surface area contributed by atoms with Gasteiger partial charge in [-0.05, 0) is 60.1 Å². The maximum absolute atomic E-state index is 4.24. The molecule has 2 heterocycles. The van der Waals surface area contributed by atoms with Crippen molar-refractivity contribution in [1.82, 2.24) is 10.3 Å². The molecule has 0 amide bonds.